The second-order valence-corrected chi connectivity index (χ2v) is 5.18. The normalized spacial score (nSPS) is 15.5. The minimum atomic E-state index is 0.742. The third-order valence-corrected chi connectivity index (χ3v) is 3.74. The first kappa shape index (κ1) is 9.04. The quantitative estimate of drug-likeness (QED) is 0.769. The number of hydrogen-bond donors (Lipinski definition) is 0. The molecule has 1 aliphatic carbocycles. The second kappa shape index (κ2) is 3.42. The van der Waals surface area contributed by atoms with Crippen LogP contribution in [0.15, 0.2) is 24.5 Å². The van der Waals surface area contributed by atoms with E-state index in [4.69, 9.17) is 4.98 Å². The summed E-state index contributed by atoms with van der Waals surface area (Å²) < 4.78 is 0. The second-order valence-electron chi connectivity index (χ2n) is 3.98. The SMILES string of the molecule is Cc1sc(-c2cccnc2)nc1C1CC1. The van der Waals surface area contributed by atoms with Gasteiger partial charge in [-0.2, -0.15) is 0 Å². The van der Waals surface area contributed by atoms with E-state index in [1.54, 1.807) is 17.5 Å². The van der Waals surface area contributed by atoms with E-state index in [-0.39, 0.29) is 0 Å². The topological polar surface area (TPSA) is 25.8 Å². The molecule has 0 aliphatic heterocycles. The van der Waals surface area contributed by atoms with Crippen LogP contribution in [0.5, 0.6) is 0 Å². The summed E-state index contributed by atoms with van der Waals surface area (Å²) in [6.07, 6.45) is 6.31. The number of rotatable bonds is 2. The average Bonchev–Trinajstić information content (AvgIpc) is 3.04. The lowest BCUT2D eigenvalue weighted by Crippen LogP contribution is -1.82. The van der Waals surface area contributed by atoms with Gasteiger partial charge >= 0.3 is 0 Å². The third kappa shape index (κ3) is 1.67. The van der Waals surface area contributed by atoms with Crippen molar-refractivity contribution >= 4 is 11.3 Å². The van der Waals surface area contributed by atoms with Gasteiger partial charge in [0.05, 0.1) is 5.69 Å². The Morgan fingerprint density at radius 3 is 2.93 bits per heavy atom. The first-order chi connectivity index (χ1) is 7.34. The van der Waals surface area contributed by atoms with Crippen molar-refractivity contribution in [3.8, 4) is 10.6 Å². The minimum absolute atomic E-state index is 0.742. The van der Waals surface area contributed by atoms with Crippen molar-refractivity contribution in [2.24, 2.45) is 0 Å². The van der Waals surface area contributed by atoms with E-state index in [1.807, 2.05) is 12.3 Å². The maximum absolute atomic E-state index is 4.72. The zero-order valence-corrected chi connectivity index (χ0v) is 9.42. The first-order valence-electron chi connectivity index (χ1n) is 5.22. The van der Waals surface area contributed by atoms with Gasteiger partial charge in [0.15, 0.2) is 0 Å². The Morgan fingerprint density at radius 2 is 2.27 bits per heavy atom. The molecule has 0 bridgehead atoms. The van der Waals surface area contributed by atoms with E-state index < -0.39 is 0 Å². The fraction of sp³-hybridized carbons (Fsp3) is 0.333. The molecule has 1 aliphatic rings. The molecule has 2 aromatic heterocycles. The fourth-order valence-corrected chi connectivity index (χ4v) is 2.75. The molecule has 0 spiro atoms. The molecule has 76 valence electrons. The molecule has 0 radical (unpaired) electrons. The Labute approximate surface area is 93.0 Å². The van der Waals surface area contributed by atoms with Crippen LogP contribution in [-0.2, 0) is 0 Å². The maximum atomic E-state index is 4.72. The molecule has 0 unspecified atom stereocenters. The molecule has 2 heterocycles. The van der Waals surface area contributed by atoms with Gasteiger partial charge in [-0.3, -0.25) is 4.98 Å². The molecule has 15 heavy (non-hydrogen) atoms. The largest absolute Gasteiger partial charge is 0.264 e. The van der Waals surface area contributed by atoms with Crippen LogP contribution >= 0.6 is 11.3 Å². The number of nitrogens with zero attached hydrogens (tertiary/aromatic N) is 2. The maximum Gasteiger partial charge on any atom is 0.125 e. The van der Waals surface area contributed by atoms with Gasteiger partial charge in [-0.1, -0.05) is 0 Å². The van der Waals surface area contributed by atoms with Crippen molar-refractivity contribution in [2.45, 2.75) is 25.7 Å². The van der Waals surface area contributed by atoms with Gasteiger partial charge in [0.1, 0.15) is 5.01 Å². The molecule has 0 saturated heterocycles. The van der Waals surface area contributed by atoms with Gasteiger partial charge < -0.3 is 0 Å². The lowest BCUT2D eigenvalue weighted by atomic mass is 10.2. The molecular weight excluding hydrogens is 204 g/mol. The zero-order valence-electron chi connectivity index (χ0n) is 8.60. The van der Waals surface area contributed by atoms with Crippen molar-refractivity contribution in [1.82, 2.24) is 9.97 Å². The highest BCUT2D eigenvalue weighted by atomic mass is 32.1. The molecule has 0 atom stereocenters. The smallest absolute Gasteiger partial charge is 0.125 e. The van der Waals surface area contributed by atoms with E-state index in [1.165, 1.54) is 23.4 Å². The summed E-state index contributed by atoms with van der Waals surface area (Å²) in [6.45, 7) is 2.17. The van der Waals surface area contributed by atoms with E-state index in [0.29, 0.717) is 0 Å². The zero-order chi connectivity index (χ0) is 10.3. The summed E-state index contributed by atoms with van der Waals surface area (Å²) in [5, 5.41) is 1.11. The molecule has 2 nitrogen and oxygen atoms in total. The van der Waals surface area contributed by atoms with Crippen LogP contribution < -0.4 is 0 Å². The summed E-state index contributed by atoms with van der Waals surface area (Å²) >= 11 is 1.78. The molecule has 1 saturated carbocycles. The Hall–Kier alpha value is -1.22. The molecule has 0 aromatic carbocycles. The van der Waals surface area contributed by atoms with Gasteiger partial charge in [-0.25, -0.2) is 4.98 Å². The van der Waals surface area contributed by atoms with Crippen LogP contribution in [0.25, 0.3) is 10.6 Å². The van der Waals surface area contributed by atoms with Gasteiger partial charge in [0, 0.05) is 28.8 Å². The molecular formula is C12H12N2S. The minimum Gasteiger partial charge on any atom is -0.264 e. The number of thiazole rings is 1. The summed E-state index contributed by atoms with van der Waals surface area (Å²) in [5.41, 5.74) is 2.45. The lowest BCUT2D eigenvalue weighted by molar-refractivity contribution is 1.03. The first-order valence-corrected chi connectivity index (χ1v) is 6.04. The predicted octanol–water partition coefficient (Wildman–Crippen LogP) is 3.39. The molecule has 1 fully saturated rings. The Balaban J connectivity index is 2.02. The van der Waals surface area contributed by atoms with E-state index >= 15 is 0 Å². The van der Waals surface area contributed by atoms with Gasteiger partial charge in [0.25, 0.3) is 0 Å². The Kier molecular flexibility index (Phi) is 2.06. The highest BCUT2D eigenvalue weighted by Crippen LogP contribution is 2.43. The summed E-state index contributed by atoms with van der Waals surface area (Å²) in [6, 6.07) is 4.03. The van der Waals surface area contributed by atoms with Crippen LogP contribution in [0, 0.1) is 6.92 Å². The van der Waals surface area contributed by atoms with Crippen molar-refractivity contribution in [3.05, 3.63) is 35.1 Å². The van der Waals surface area contributed by atoms with Crippen molar-refractivity contribution in [2.75, 3.05) is 0 Å². The monoisotopic (exact) mass is 216 g/mol. The molecule has 0 amide bonds. The predicted molar refractivity (Wildman–Crippen MR) is 62.1 cm³/mol. The van der Waals surface area contributed by atoms with Crippen LogP contribution in [0.1, 0.15) is 29.3 Å². The van der Waals surface area contributed by atoms with Crippen LogP contribution in [0.3, 0.4) is 0 Å². The van der Waals surface area contributed by atoms with Crippen molar-refractivity contribution < 1.29 is 0 Å². The average molecular weight is 216 g/mol. The Morgan fingerprint density at radius 1 is 1.40 bits per heavy atom. The lowest BCUT2D eigenvalue weighted by Gasteiger charge is -1.92. The Bertz CT molecular complexity index is 472. The van der Waals surface area contributed by atoms with E-state index in [9.17, 15) is 0 Å². The number of hydrogen-bond acceptors (Lipinski definition) is 3. The number of pyridine rings is 1. The van der Waals surface area contributed by atoms with Gasteiger partial charge in [-0.05, 0) is 31.9 Å². The standard InChI is InChI=1S/C12H12N2S/c1-8-11(9-4-5-9)14-12(15-8)10-3-2-6-13-7-10/h2-3,6-7,9H,4-5H2,1H3. The fourth-order valence-electron chi connectivity index (χ4n) is 1.76. The molecule has 3 rings (SSSR count). The summed E-state index contributed by atoms with van der Waals surface area (Å²) in [7, 11) is 0. The number of aromatic nitrogens is 2. The van der Waals surface area contributed by atoms with Gasteiger partial charge in [-0.15, -0.1) is 11.3 Å². The van der Waals surface area contributed by atoms with Crippen molar-refractivity contribution in [3.63, 3.8) is 0 Å². The summed E-state index contributed by atoms with van der Waals surface area (Å²) in [4.78, 5) is 10.2. The van der Waals surface area contributed by atoms with Crippen LogP contribution in [-0.4, -0.2) is 9.97 Å². The number of aryl methyl sites for hydroxylation is 1. The van der Waals surface area contributed by atoms with E-state index in [2.05, 4.69) is 18.0 Å². The third-order valence-electron chi connectivity index (χ3n) is 2.71. The molecule has 0 N–H and O–H groups in total. The molecule has 3 heteroatoms. The van der Waals surface area contributed by atoms with Crippen LogP contribution in [0.4, 0.5) is 0 Å². The molecule has 2 aromatic rings. The highest BCUT2D eigenvalue weighted by molar-refractivity contribution is 7.15. The summed E-state index contributed by atoms with van der Waals surface area (Å²) in [5.74, 6) is 0.742. The van der Waals surface area contributed by atoms with Gasteiger partial charge in [0.2, 0.25) is 0 Å². The van der Waals surface area contributed by atoms with Crippen molar-refractivity contribution in [1.29, 1.82) is 0 Å². The van der Waals surface area contributed by atoms with E-state index in [0.717, 1.165) is 16.5 Å². The van der Waals surface area contributed by atoms with Crippen LogP contribution in [0.2, 0.25) is 0 Å². The highest BCUT2D eigenvalue weighted by Gasteiger charge is 2.28.